The third kappa shape index (κ3) is 2.13. The lowest BCUT2D eigenvalue weighted by Gasteiger charge is -2.07. The first kappa shape index (κ1) is 9.88. The molecule has 2 N–H and O–H groups in total. The van der Waals surface area contributed by atoms with E-state index in [1.54, 1.807) is 6.92 Å². The van der Waals surface area contributed by atoms with Gasteiger partial charge in [-0.1, -0.05) is 0 Å². The molecule has 5 heteroatoms. The molecule has 5 nitrogen and oxygen atoms in total. The number of hydrogen-bond donors (Lipinski definition) is 2. The molecule has 0 aliphatic heterocycles. The summed E-state index contributed by atoms with van der Waals surface area (Å²) in [5.41, 5.74) is 0.518. The Morgan fingerprint density at radius 2 is 2.23 bits per heavy atom. The molecule has 0 unspecified atom stereocenters. The first-order valence-electron chi connectivity index (χ1n) is 3.98. The van der Waals surface area contributed by atoms with Gasteiger partial charge in [0.15, 0.2) is 0 Å². The number of aromatic nitrogens is 2. The molecule has 0 bridgehead atoms. The van der Waals surface area contributed by atoms with Crippen LogP contribution in [-0.4, -0.2) is 26.6 Å². The predicted octanol–water partition coefficient (Wildman–Crippen LogP) is -0.964. The molecular formula is C8H12N2O3. The summed E-state index contributed by atoms with van der Waals surface area (Å²) < 4.78 is 1.49. The van der Waals surface area contributed by atoms with Crippen LogP contribution in [0, 0.1) is 6.92 Å². The molecule has 0 spiro atoms. The smallest absolute Gasteiger partial charge is 0.206 e. The van der Waals surface area contributed by atoms with Gasteiger partial charge >= 0.3 is 0 Å². The molecule has 1 rings (SSSR count). The van der Waals surface area contributed by atoms with Crippen LogP contribution in [0.4, 0.5) is 0 Å². The number of nitrogens with zero attached hydrogens (tertiary/aromatic N) is 2. The Kier molecular flexibility index (Phi) is 3.16. The molecule has 0 amide bonds. The Balaban J connectivity index is 3.14. The van der Waals surface area contributed by atoms with Gasteiger partial charge in [-0.3, -0.25) is 9.48 Å². The largest absolute Gasteiger partial charge is 0.394 e. The van der Waals surface area contributed by atoms with Crippen molar-refractivity contribution < 1.29 is 10.2 Å². The second-order valence-corrected chi connectivity index (χ2v) is 2.70. The summed E-state index contributed by atoms with van der Waals surface area (Å²) in [4.78, 5) is 11.1. The van der Waals surface area contributed by atoms with Crippen molar-refractivity contribution in [3.05, 3.63) is 27.7 Å². The molecule has 72 valence electrons. The highest BCUT2D eigenvalue weighted by atomic mass is 16.3. The molecule has 1 heterocycles. The van der Waals surface area contributed by atoms with Gasteiger partial charge in [0.2, 0.25) is 5.43 Å². The zero-order valence-corrected chi connectivity index (χ0v) is 7.40. The first-order valence-corrected chi connectivity index (χ1v) is 3.98. The van der Waals surface area contributed by atoms with Crippen LogP contribution < -0.4 is 5.43 Å². The van der Waals surface area contributed by atoms with Gasteiger partial charge in [-0.2, -0.15) is 5.10 Å². The highest BCUT2D eigenvalue weighted by Crippen LogP contribution is 1.93. The Labute approximate surface area is 75.3 Å². The molecule has 0 aliphatic carbocycles. The van der Waals surface area contributed by atoms with Crippen molar-refractivity contribution >= 4 is 0 Å². The minimum atomic E-state index is -0.370. The molecule has 0 aromatic carbocycles. The van der Waals surface area contributed by atoms with E-state index in [1.807, 2.05) is 0 Å². The summed E-state index contributed by atoms with van der Waals surface area (Å²) in [5.74, 6) is 0. The Morgan fingerprint density at radius 1 is 1.54 bits per heavy atom. The molecule has 0 atom stereocenters. The predicted molar refractivity (Wildman–Crippen MR) is 46.2 cm³/mol. The Bertz CT molecular complexity index is 346. The number of aliphatic hydroxyl groups excluding tert-OH is 2. The summed E-state index contributed by atoms with van der Waals surface area (Å²) in [6.07, 6.45) is 0. The highest BCUT2D eigenvalue weighted by Gasteiger charge is 2.03. The SMILES string of the molecule is Cc1cc(=O)c(CO)nn1CCO. The lowest BCUT2D eigenvalue weighted by atomic mass is 10.3. The topological polar surface area (TPSA) is 75.3 Å². The lowest BCUT2D eigenvalue weighted by Crippen LogP contribution is -2.20. The molecule has 1 aromatic heterocycles. The minimum Gasteiger partial charge on any atom is -0.394 e. The first-order chi connectivity index (χ1) is 6.19. The number of aryl methyl sites for hydroxylation is 1. The van der Waals surface area contributed by atoms with E-state index in [1.165, 1.54) is 10.7 Å². The second-order valence-electron chi connectivity index (χ2n) is 2.70. The van der Waals surface area contributed by atoms with Crippen LogP contribution in [0.2, 0.25) is 0 Å². The van der Waals surface area contributed by atoms with Gasteiger partial charge < -0.3 is 10.2 Å². The van der Waals surface area contributed by atoms with E-state index in [-0.39, 0.29) is 24.3 Å². The molecule has 0 saturated heterocycles. The molecule has 13 heavy (non-hydrogen) atoms. The quantitative estimate of drug-likeness (QED) is 0.634. The molecule has 0 radical (unpaired) electrons. The average Bonchev–Trinajstić information content (AvgIpc) is 2.10. The fourth-order valence-corrected chi connectivity index (χ4v) is 1.05. The molecule has 0 saturated carbocycles. The van der Waals surface area contributed by atoms with E-state index in [0.29, 0.717) is 12.2 Å². The third-order valence-electron chi connectivity index (χ3n) is 1.73. The van der Waals surface area contributed by atoms with Crippen molar-refractivity contribution in [1.29, 1.82) is 0 Å². The zero-order chi connectivity index (χ0) is 9.84. The normalized spacial score (nSPS) is 10.4. The van der Waals surface area contributed by atoms with E-state index in [0.717, 1.165) is 0 Å². The van der Waals surface area contributed by atoms with Crippen LogP contribution in [0.15, 0.2) is 10.9 Å². The summed E-state index contributed by atoms with van der Waals surface area (Å²) in [7, 11) is 0. The summed E-state index contributed by atoms with van der Waals surface area (Å²) in [5, 5.41) is 21.3. The van der Waals surface area contributed by atoms with E-state index >= 15 is 0 Å². The van der Waals surface area contributed by atoms with Crippen LogP contribution in [0.1, 0.15) is 11.4 Å². The summed E-state index contributed by atoms with van der Waals surface area (Å²) in [6, 6.07) is 1.40. The van der Waals surface area contributed by atoms with Crippen molar-refractivity contribution in [1.82, 2.24) is 9.78 Å². The third-order valence-corrected chi connectivity index (χ3v) is 1.73. The average molecular weight is 184 g/mol. The van der Waals surface area contributed by atoms with E-state index in [2.05, 4.69) is 5.10 Å². The van der Waals surface area contributed by atoms with Crippen molar-refractivity contribution in [3.8, 4) is 0 Å². The Hall–Kier alpha value is -1.20. The maximum Gasteiger partial charge on any atom is 0.206 e. The van der Waals surface area contributed by atoms with E-state index in [4.69, 9.17) is 10.2 Å². The van der Waals surface area contributed by atoms with Gasteiger partial charge in [-0.05, 0) is 6.92 Å². The van der Waals surface area contributed by atoms with E-state index < -0.39 is 0 Å². The fraction of sp³-hybridized carbons (Fsp3) is 0.500. The van der Waals surface area contributed by atoms with Crippen LogP contribution in [0.5, 0.6) is 0 Å². The second kappa shape index (κ2) is 4.15. The van der Waals surface area contributed by atoms with Crippen molar-refractivity contribution in [2.45, 2.75) is 20.1 Å². The maximum atomic E-state index is 11.1. The lowest BCUT2D eigenvalue weighted by molar-refractivity contribution is 0.253. The van der Waals surface area contributed by atoms with E-state index in [9.17, 15) is 4.79 Å². The molecule has 0 aliphatic rings. The zero-order valence-electron chi connectivity index (χ0n) is 7.40. The monoisotopic (exact) mass is 184 g/mol. The van der Waals surface area contributed by atoms with Gasteiger partial charge in [-0.15, -0.1) is 0 Å². The number of rotatable bonds is 3. The van der Waals surface area contributed by atoms with Gasteiger partial charge in [-0.25, -0.2) is 0 Å². The van der Waals surface area contributed by atoms with Gasteiger partial charge in [0, 0.05) is 11.8 Å². The van der Waals surface area contributed by atoms with Crippen LogP contribution in [0.3, 0.4) is 0 Å². The fourth-order valence-electron chi connectivity index (χ4n) is 1.05. The van der Waals surface area contributed by atoms with Gasteiger partial charge in [0.05, 0.1) is 19.8 Å². The summed E-state index contributed by atoms with van der Waals surface area (Å²) in [6.45, 7) is 1.65. The number of hydrogen-bond acceptors (Lipinski definition) is 4. The minimum absolute atomic E-state index is 0.0401. The standard InChI is InChI=1S/C8H12N2O3/c1-6-4-8(13)7(5-12)9-10(6)2-3-11/h4,11-12H,2-3,5H2,1H3. The van der Waals surface area contributed by atoms with Gasteiger partial charge in [0.25, 0.3) is 0 Å². The van der Waals surface area contributed by atoms with Gasteiger partial charge in [0.1, 0.15) is 5.69 Å². The van der Waals surface area contributed by atoms with Crippen LogP contribution in [-0.2, 0) is 13.2 Å². The highest BCUT2D eigenvalue weighted by molar-refractivity contribution is 5.06. The molecule has 0 fully saturated rings. The van der Waals surface area contributed by atoms with Crippen molar-refractivity contribution in [2.75, 3.05) is 6.61 Å². The maximum absolute atomic E-state index is 11.1. The Morgan fingerprint density at radius 3 is 2.77 bits per heavy atom. The van der Waals surface area contributed by atoms with Crippen LogP contribution in [0.25, 0.3) is 0 Å². The van der Waals surface area contributed by atoms with Crippen molar-refractivity contribution in [3.63, 3.8) is 0 Å². The number of aliphatic hydroxyl groups is 2. The molecular weight excluding hydrogens is 172 g/mol. The van der Waals surface area contributed by atoms with Crippen molar-refractivity contribution in [2.24, 2.45) is 0 Å². The summed E-state index contributed by atoms with van der Waals surface area (Å²) >= 11 is 0. The molecule has 1 aromatic rings. The van der Waals surface area contributed by atoms with Crippen LogP contribution >= 0.6 is 0 Å².